The zero-order valence-electron chi connectivity index (χ0n) is 14.3. The third-order valence-electron chi connectivity index (χ3n) is 3.21. The van der Waals surface area contributed by atoms with E-state index >= 15 is 0 Å². The van der Waals surface area contributed by atoms with Gasteiger partial charge in [-0.3, -0.25) is 15.0 Å². The van der Waals surface area contributed by atoms with E-state index in [1.165, 1.54) is 43.3 Å². The van der Waals surface area contributed by atoms with E-state index in [1.807, 2.05) is 11.8 Å². The topological polar surface area (TPSA) is 114 Å². The molecule has 138 valence electrons. The number of ether oxygens (including phenoxy) is 1. The first-order valence-electron chi connectivity index (χ1n) is 7.74. The van der Waals surface area contributed by atoms with Crippen LogP contribution in [0.2, 0.25) is 0 Å². The highest BCUT2D eigenvalue weighted by atomic mass is 32.2. The molecule has 0 spiro atoms. The van der Waals surface area contributed by atoms with Crippen LogP contribution in [0.1, 0.15) is 24.2 Å². The molecule has 0 fully saturated rings. The maximum atomic E-state index is 12.2. The van der Waals surface area contributed by atoms with Gasteiger partial charge in [0.15, 0.2) is 0 Å². The van der Waals surface area contributed by atoms with E-state index in [0.29, 0.717) is 18.0 Å². The Morgan fingerprint density at radius 3 is 2.15 bits per heavy atom. The maximum Gasteiger partial charge on any atom is 0.266 e. The molecule has 0 radical (unpaired) electrons. The molecule has 0 aliphatic carbocycles. The number of hydrogen-bond acceptors (Lipinski definition) is 5. The second kappa shape index (κ2) is 8.45. The van der Waals surface area contributed by atoms with E-state index in [-0.39, 0.29) is 16.4 Å². The van der Waals surface area contributed by atoms with Crippen LogP contribution in [0.4, 0.5) is 5.69 Å². The average Bonchev–Trinajstić information content (AvgIpc) is 2.61. The highest BCUT2D eigenvalue weighted by Crippen LogP contribution is 2.14. The lowest BCUT2D eigenvalue weighted by molar-refractivity contribution is -0.114. The molecular weight excluding hydrogens is 358 g/mol. The number of carbonyl (C=O) groups excluding carboxylic acids is 2. The fourth-order valence-corrected chi connectivity index (χ4v) is 2.87. The van der Waals surface area contributed by atoms with Gasteiger partial charge in [0.2, 0.25) is 5.91 Å². The molecule has 0 aliphatic heterocycles. The molecule has 0 heterocycles. The zero-order chi connectivity index (χ0) is 19.2. The van der Waals surface area contributed by atoms with Crippen LogP contribution in [0, 0.1) is 0 Å². The standard InChI is InChI=1S/C17H19N3O5S/c1-3-25-15-8-4-13(5-9-15)17(22)19-20-26(23,24)16-10-6-14(7-11-16)18-12(2)21/h4-11,20H,3H2,1-2H3,(H,18,21)(H,19,22). The number of carbonyl (C=O) groups is 2. The van der Waals surface area contributed by atoms with Gasteiger partial charge in [0.05, 0.1) is 11.5 Å². The number of sulfonamides is 1. The normalized spacial score (nSPS) is 10.8. The van der Waals surface area contributed by atoms with E-state index in [1.54, 1.807) is 12.1 Å². The van der Waals surface area contributed by atoms with Crippen molar-refractivity contribution >= 4 is 27.5 Å². The minimum absolute atomic E-state index is 0.0569. The molecule has 0 bridgehead atoms. The van der Waals surface area contributed by atoms with Gasteiger partial charge in [0, 0.05) is 18.2 Å². The molecule has 8 nitrogen and oxygen atoms in total. The van der Waals surface area contributed by atoms with Crippen LogP contribution < -0.4 is 20.3 Å². The van der Waals surface area contributed by atoms with Crippen LogP contribution in [0.25, 0.3) is 0 Å². The van der Waals surface area contributed by atoms with Crippen molar-refractivity contribution in [3.8, 4) is 5.75 Å². The summed E-state index contributed by atoms with van der Waals surface area (Å²) in [6, 6.07) is 11.8. The smallest absolute Gasteiger partial charge is 0.266 e. The minimum Gasteiger partial charge on any atom is -0.494 e. The molecule has 0 aromatic heterocycles. The number of rotatable bonds is 7. The summed E-state index contributed by atoms with van der Waals surface area (Å²) in [4.78, 5) is 25.0. The SMILES string of the molecule is CCOc1ccc(C(=O)NNS(=O)(=O)c2ccc(NC(C)=O)cc2)cc1. The second-order valence-electron chi connectivity index (χ2n) is 5.22. The first-order valence-corrected chi connectivity index (χ1v) is 9.23. The van der Waals surface area contributed by atoms with E-state index in [0.717, 1.165) is 0 Å². The van der Waals surface area contributed by atoms with Crippen LogP contribution in [-0.4, -0.2) is 26.8 Å². The minimum atomic E-state index is -3.94. The van der Waals surface area contributed by atoms with Crippen LogP contribution in [0.15, 0.2) is 53.4 Å². The van der Waals surface area contributed by atoms with E-state index in [9.17, 15) is 18.0 Å². The Hall–Kier alpha value is -2.91. The highest BCUT2D eigenvalue weighted by Gasteiger charge is 2.16. The van der Waals surface area contributed by atoms with Crippen molar-refractivity contribution in [1.29, 1.82) is 0 Å². The molecule has 0 unspecified atom stereocenters. The molecule has 2 aromatic carbocycles. The Kier molecular flexibility index (Phi) is 6.31. The highest BCUT2D eigenvalue weighted by molar-refractivity contribution is 7.89. The van der Waals surface area contributed by atoms with E-state index in [4.69, 9.17) is 4.74 Å². The Morgan fingerprint density at radius 2 is 1.62 bits per heavy atom. The third kappa shape index (κ3) is 5.30. The molecule has 9 heteroatoms. The number of anilines is 1. The number of benzene rings is 2. The molecule has 2 amide bonds. The molecule has 2 aromatic rings. The summed E-state index contributed by atoms with van der Waals surface area (Å²) in [5, 5.41) is 2.53. The van der Waals surface area contributed by atoms with Gasteiger partial charge in [-0.15, -0.1) is 4.83 Å². The van der Waals surface area contributed by atoms with Gasteiger partial charge < -0.3 is 10.1 Å². The van der Waals surface area contributed by atoms with Crippen molar-refractivity contribution in [3.63, 3.8) is 0 Å². The lowest BCUT2D eigenvalue weighted by Crippen LogP contribution is -2.41. The predicted octanol–water partition coefficient (Wildman–Crippen LogP) is 1.67. The summed E-state index contributed by atoms with van der Waals surface area (Å²) < 4.78 is 29.7. The molecule has 0 saturated heterocycles. The Bertz CT molecular complexity index is 878. The van der Waals surface area contributed by atoms with Gasteiger partial charge >= 0.3 is 0 Å². The summed E-state index contributed by atoms with van der Waals surface area (Å²) >= 11 is 0. The predicted molar refractivity (Wildman–Crippen MR) is 96.1 cm³/mol. The zero-order valence-corrected chi connectivity index (χ0v) is 15.1. The first kappa shape index (κ1) is 19.4. The van der Waals surface area contributed by atoms with Crippen molar-refractivity contribution in [2.24, 2.45) is 0 Å². The van der Waals surface area contributed by atoms with Gasteiger partial charge in [0.1, 0.15) is 5.75 Å². The van der Waals surface area contributed by atoms with Gasteiger partial charge in [-0.2, -0.15) is 0 Å². The average molecular weight is 377 g/mol. The maximum absolute atomic E-state index is 12.2. The van der Waals surface area contributed by atoms with Crippen LogP contribution in [0.5, 0.6) is 5.75 Å². The van der Waals surface area contributed by atoms with Crippen LogP contribution >= 0.6 is 0 Å². The summed E-state index contributed by atoms with van der Waals surface area (Å²) in [5.74, 6) is -0.253. The third-order valence-corrected chi connectivity index (χ3v) is 4.47. The van der Waals surface area contributed by atoms with Crippen LogP contribution in [0.3, 0.4) is 0 Å². The van der Waals surface area contributed by atoms with Crippen LogP contribution in [-0.2, 0) is 14.8 Å². The molecule has 26 heavy (non-hydrogen) atoms. The van der Waals surface area contributed by atoms with Crippen molar-refractivity contribution in [2.75, 3.05) is 11.9 Å². The van der Waals surface area contributed by atoms with E-state index in [2.05, 4.69) is 10.7 Å². The molecule has 0 aliphatic rings. The fourth-order valence-electron chi connectivity index (χ4n) is 2.03. The quantitative estimate of drug-likeness (QED) is 0.635. The van der Waals surface area contributed by atoms with Gasteiger partial charge in [-0.05, 0) is 55.5 Å². The lowest BCUT2D eigenvalue weighted by Gasteiger charge is -2.10. The number of hydrazine groups is 1. The number of amides is 2. The molecule has 2 rings (SSSR count). The fraction of sp³-hybridized carbons (Fsp3) is 0.176. The molecule has 0 saturated carbocycles. The Morgan fingerprint density at radius 1 is 1.00 bits per heavy atom. The molecule has 3 N–H and O–H groups in total. The van der Waals surface area contributed by atoms with Crippen molar-refractivity contribution < 1.29 is 22.7 Å². The van der Waals surface area contributed by atoms with Crippen molar-refractivity contribution in [2.45, 2.75) is 18.7 Å². The van der Waals surface area contributed by atoms with E-state index < -0.39 is 15.9 Å². The summed E-state index contributed by atoms with van der Waals surface area (Å²) in [7, 11) is -3.94. The summed E-state index contributed by atoms with van der Waals surface area (Å²) in [6.45, 7) is 3.70. The van der Waals surface area contributed by atoms with Crippen molar-refractivity contribution in [3.05, 3.63) is 54.1 Å². The number of hydrogen-bond donors (Lipinski definition) is 3. The largest absolute Gasteiger partial charge is 0.494 e. The van der Waals surface area contributed by atoms with Gasteiger partial charge in [0.25, 0.3) is 15.9 Å². The number of nitrogens with one attached hydrogen (secondary N) is 3. The second-order valence-corrected chi connectivity index (χ2v) is 6.90. The monoisotopic (exact) mass is 377 g/mol. The Balaban J connectivity index is 2.00. The first-order chi connectivity index (χ1) is 12.3. The Labute approximate surface area is 151 Å². The molecule has 0 atom stereocenters. The van der Waals surface area contributed by atoms with Crippen molar-refractivity contribution in [1.82, 2.24) is 10.3 Å². The molecular formula is C17H19N3O5S. The lowest BCUT2D eigenvalue weighted by atomic mass is 10.2. The van der Waals surface area contributed by atoms with Gasteiger partial charge in [-0.25, -0.2) is 8.42 Å². The van der Waals surface area contributed by atoms with Gasteiger partial charge in [-0.1, -0.05) is 0 Å². The summed E-state index contributed by atoms with van der Waals surface area (Å²) in [6.07, 6.45) is 0. The summed E-state index contributed by atoms with van der Waals surface area (Å²) in [5.41, 5.74) is 2.89.